The molecule has 0 fully saturated rings. The van der Waals surface area contributed by atoms with E-state index in [1.54, 1.807) is 0 Å². The molecule has 0 bridgehead atoms. The molecule has 0 saturated carbocycles. The predicted molar refractivity (Wildman–Crippen MR) is 134 cm³/mol. The van der Waals surface area contributed by atoms with Gasteiger partial charge in [0.1, 0.15) is 11.4 Å². The van der Waals surface area contributed by atoms with Gasteiger partial charge in [-0.05, 0) is 41.5 Å². The van der Waals surface area contributed by atoms with Crippen molar-refractivity contribution in [3.63, 3.8) is 0 Å². The van der Waals surface area contributed by atoms with Crippen molar-refractivity contribution in [2.45, 2.75) is 13.3 Å². The van der Waals surface area contributed by atoms with Crippen molar-refractivity contribution in [2.24, 2.45) is 0 Å². The molecule has 4 aromatic rings. The van der Waals surface area contributed by atoms with Gasteiger partial charge in [-0.25, -0.2) is 4.90 Å². The highest BCUT2D eigenvalue weighted by atomic mass is 32.1. The van der Waals surface area contributed by atoms with Crippen LogP contribution in [0.25, 0.3) is 16.3 Å². The minimum absolute atomic E-state index is 0.267. The van der Waals surface area contributed by atoms with E-state index in [0.717, 1.165) is 22.1 Å². The number of fused-ring (bicyclic) bond motifs is 1. The van der Waals surface area contributed by atoms with E-state index >= 15 is 0 Å². The molecule has 164 valence electrons. The molecule has 1 N–H and O–H groups in total. The van der Waals surface area contributed by atoms with Gasteiger partial charge in [0.05, 0.1) is 17.9 Å². The van der Waals surface area contributed by atoms with E-state index in [2.05, 4.69) is 5.32 Å². The molecule has 0 atom stereocenters. The maximum Gasteiger partial charge on any atom is 0.282 e. The van der Waals surface area contributed by atoms with Gasteiger partial charge in [-0.1, -0.05) is 55.5 Å². The van der Waals surface area contributed by atoms with Crippen LogP contribution in [0.2, 0.25) is 0 Å². The Balaban J connectivity index is 1.58. The number of hydrogen-bond donors (Lipinski definition) is 1. The molecule has 5 rings (SSSR count). The lowest BCUT2D eigenvalue weighted by Crippen LogP contribution is -2.32. The molecule has 2 heterocycles. The van der Waals surface area contributed by atoms with Crippen molar-refractivity contribution in [3.8, 4) is 5.75 Å². The maximum atomic E-state index is 13.7. The van der Waals surface area contributed by atoms with Gasteiger partial charge < -0.3 is 10.1 Å². The number of imide groups is 1. The van der Waals surface area contributed by atoms with Crippen LogP contribution in [0.3, 0.4) is 0 Å². The molecule has 33 heavy (non-hydrogen) atoms. The van der Waals surface area contributed by atoms with Gasteiger partial charge in [-0.15, -0.1) is 11.3 Å². The van der Waals surface area contributed by atoms with Crippen molar-refractivity contribution in [1.82, 2.24) is 0 Å². The van der Waals surface area contributed by atoms with Crippen LogP contribution in [0, 0.1) is 0 Å². The minimum atomic E-state index is -0.375. The Morgan fingerprint density at radius 3 is 2.55 bits per heavy atom. The Morgan fingerprint density at radius 2 is 1.73 bits per heavy atom. The number of hydrogen-bond acceptors (Lipinski definition) is 5. The van der Waals surface area contributed by atoms with Crippen molar-refractivity contribution in [2.75, 3.05) is 16.8 Å². The summed E-state index contributed by atoms with van der Waals surface area (Å²) in [6.45, 7) is 2.66. The Kier molecular flexibility index (Phi) is 5.67. The van der Waals surface area contributed by atoms with E-state index < -0.39 is 0 Å². The quantitative estimate of drug-likeness (QED) is 0.344. The number of ether oxygens (including phenoxy) is 1. The average molecular weight is 455 g/mol. The number of nitrogens with one attached hydrogen (secondary N) is 1. The summed E-state index contributed by atoms with van der Waals surface area (Å²) >= 11 is 1.43. The van der Waals surface area contributed by atoms with Crippen LogP contribution in [0.5, 0.6) is 5.75 Å². The molecule has 0 aliphatic carbocycles. The predicted octanol–water partition coefficient (Wildman–Crippen LogP) is 6.09. The van der Waals surface area contributed by atoms with Gasteiger partial charge in [0.25, 0.3) is 11.8 Å². The van der Waals surface area contributed by atoms with E-state index in [4.69, 9.17) is 4.74 Å². The first kappa shape index (κ1) is 21.0. The van der Waals surface area contributed by atoms with Crippen LogP contribution in [-0.4, -0.2) is 18.4 Å². The van der Waals surface area contributed by atoms with Crippen molar-refractivity contribution < 1.29 is 14.3 Å². The summed E-state index contributed by atoms with van der Waals surface area (Å²) in [5, 5.41) is 6.94. The molecular weight excluding hydrogens is 432 g/mol. The Hall–Kier alpha value is -3.90. The third-order valence-corrected chi connectivity index (χ3v) is 6.32. The number of carbonyl (C=O) groups is 2. The SMILES string of the molecule is CCCOc1cccc(NC2=C(c3cccs3)C(=O)N(c3cccc4ccccc34)C2=O)c1. The maximum absolute atomic E-state index is 13.7. The molecule has 1 aromatic heterocycles. The van der Waals surface area contributed by atoms with Gasteiger partial charge in [-0.3, -0.25) is 9.59 Å². The van der Waals surface area contributed by atoms with Crippen LogP contribution in [0.4, 0.5) is 11.4 Å². The van der Waals surface area contributed by atoms with Gasteiger partial charge in [0, 0.05) is 22.0 Å². The molecule has 0 unspecified atom stereocenters. The summed E-state index contributed by atoms with van der Waals surface area (Å²) in [5.74, 6) is 0.00197. The molecule has 0 saturated heterocycles. The summed E-state index contributed by atoms with van der Waals surface area (Å²) in [6.07, 6.45) is 0.901. The number of benzene rings is 3. The van der Waals surface area contributed by atoms with Crippen LogP contribution >= 0.6 is 11.3 Å². The zero-order chi connectivity index (χ0) is 22.8. The zero-order valence-electron chi connectivity index (χ0n) is 18.1. The van der Waals surface area contributed by atoms with E-state index in [1.807, 2.05) is 91.2 Å². The molecule has 1 aliphatic heterocycles. The molecular formula is C27H22N2O3S. The lowest BCUT2D eigenvalue weighted by atomic mass is 10.1. The van der Waals surface area contributed by atoms with Crippen molar-refractivity contribution in [3.05, 3.63) is 94.8 Å². The summed E-state index contributed by atoms with van der Waals surface area (Å²) < 4.78 is 5.73. The average Bonchev–Trinajstić information content (AvgIpc) is 3.44. The molecule has 0 radical (unpaired) electrons. The van der Waals surface area contributed by atoms with E-state index in [0.29, 0.717) is 29.3 Å². The van der Waals surface area contributed by atoms with Crippen LogP contribution < -0.4 is 15.0 Å². The van der Waals surface area contributed by atoms with Gasteiger partial charge in [-0.2, -0.15) is 0 Å². The fraction of sp³-hybridized carbons (Fsp3) is 0.111. The fourth-order valence-electron chi connectivity index (χ4n) is 3.95. The molecule has 5 nitrogen and oxygen atoms in total. The first-order chi connectivity index (χ1) is 16.2. The first-order valence-electron chi connectivity index (χ1n) is 10.8. The topological polar surface area (TPSA) is 58.6 Å². The standard InChI is InChI=1S/C27H22N2O3S/c1-2-15-32-20-11-6-10-19(17-20)28-25-24(23-14-7-16-33-23)26(30)29(27(25)31)22-13-5-9-18-8-3-4-12-21(18)22/h3-14,16-17,28H,2,15H2,1H3. The summed E-state index contributed by atoms with van der Waals surface area (Å²) in [5.41, 5.74) is 1.91. The summed E-state index contributed by atoms with van der Waals surface area (Å²) in [4.78, 5) is 29.4. The second kappa shape index (κ2) is 8.92. The lowest BCUT2D eigenvalue weighted by molar-refractivity contribution is -0.120. The third kappa shape index (κ3) is 3.90. The minimum Gasteiger partial charge on any atom is -0.494 e. The lowest BCUT2D eigenvalue weighted by Gasteiger charge is -2.18. The molecule has 0 spiro atoms. The van der Waals surface area contributed by atoms with Gasteiger partial charge in [0.15, 0.2) is 0 Å². The van der Waals surface area contributed by atoms with Crippen LogP contribution in [-0.2, 0) is 9.59 Å². The van der Waals surface area contributed by atoms with Gasteiger partial charge >= 0.3 is 0 Å². The second-order valence-electron chi connectivity index (χ2n) is 7.67. The number of carbonyl (C=O) groups excluding carboxylic acids is 2. The first-order valence-corrected chi connectivity index (χ1v) is 11.7. The number of anilines is 2. The highest BCUT2D eigenvalue weighted by Gasteiger charge is 2.41. The number of nitrogens with zero attached hydrogens (tertiary/aromatic N) is 1. The van der Waals surface area contributed by atoms with E-state index in [9.17, 15) is 9.59 Å². The highest BCUT2D eigenvalue weighted by molar-refractivity contribution is 7.11. The third-order valence-electron chi connectivity index (χ3n) is 5.44. The number of amides is 2. The van der Waals surface area contributed by atoms with E-state index in [-0.39, 0.29) is 17.5 Å². The normalized spacial score (nSPS) is 13.8. The van der Waals surface area contributed by atoms with Crippen LogP contribution in [0.15, 0.2) is 89.9 Å². The molecule has 3 aromatic carbocycles. The molecule has 2 amide bonds. The number of rotatable bonds is 7. The second-order valence-corrected chi connectivity index (χ2v) is 8.62. The Labute approximate surface area is 195 Å². The smallest absolute Gasteiger partial charge is 0.282 e. The molecule has 1 aliphatic rings. The van der Waals surface area contributed by atoms with Gasteiger partial charge in [0.2, 0.25) is 0 Å². The molecule has 6 heteroatoms. The van der Waals surface area contributed by atoms with Crippen molar-refractivity contribution >= 4 is 50.9 Å². The fourth-order valence-corrected chi connectivity index (χ4v) is 4.71. The number of thiophene rings is 1. The summed E-state index contributed by atoms with van der Waals surface area (Å²) in [7, 11) is 0. The Morgan fingerprint density at radius 1 is 0.909 bits per heavy atom. The zero-order valence-corrected chi connectivity index (χ0v) is 18.9. The van der Waals surface area contributed by atoms with Crippen LogP contribution in [0.1, 0.15) is 18.2 Å². The van der Waals surface area contributed by atoms with Crippen molar-refractivity contribution in [1.29, 1.82) is 0 Å². The summed E-state index contributed by atoms with van der Waals surface area (Å²) in [6, 6.07) is 24.6. The largest absolute Gasteiger partial charge is 0.494 e. The van der Waals surface area contributed by atoms with E-state index in [1.165, 1.54) is 16.2 Å². The highest BCUT2D eigenvalue weighted by Crippen LogP contribution is 2.38. The monoisotopic (exact) mass is 454 g/mol. The Bertz CT molecular complexity index is 1370.